The van der Waals surface area contributed by atoms with Crippen molar-refractivity contribution in [2.45, 2.75) is 12.8 Å². The van der Waals surface area contributed by atoms with Crippen LogP contribution < -0.4 is 0 Å². The van der Waals surface area contributed by atoms with Crippen molar-refractivity contribution in [1.82, 2.24) is 0 Å². The molecule has 0 aromatic carbocycles. The standard InChI is InChI=1S/C6H14O7S3/c7-15(8)12-3-1-5-14-6-2-4-13-16(9,10)11/h15H,1-6H2,(H,9,10,11). The summed E-state index contributed by atoms with van der Waals surface area (Å²) in [6.07, 6.45) is 1.09. The summed E-state index contributed by atoms with van der Waals surface area (Å²) in [5.41, 5.74) is 0. The van der Waals surface area contributed by atoms with Gasteiger partial charge in [-0.1, -0.05) is 0 Å². The quantitative estimate of drug-likeness (QED) is 0.326. The van der Waals surface area contributed by atoms with Gasteiger partial charge in [0.05, 0.1) is 13.2 Å². The Labute approximate surface area is 101 Å². The molecule has 0 aromatic heterocycles. The van der Waals surface area contributed by atoms with Gasteiger partial charge in [0.2, 0.25) is 0 Å². The van der Waals surface area contributed by atoms with Crippen molar-refractivity contribution in [3.63, 3.8) is 0 Å². The normalized spacial score (nSPS) is 12.1. The minimum Gasteiger partial charge on any atom is -0.272 e. The van der Waals surface area contributed by atoms with E-state index in [1.807, 2.05) is 0 Å². The van der Waals surface area contributed by atoms with Crippen molar-refractivity contribution in [3.05, 3.63) is 0 Å². The SMILES string of the molecule is O=[SH](=O)OCCCSCCCOS(=O)(=O)O. The van der Waals surface area contributed by atoms with Gasteiger partial charge in [-0.3, -0.25) is 8.74 Å². The molecule has 0 atom stereocenters. The third kappa shape index (κ3) is 14.1. The van der Waals surface area contributed by atoms with Gasteiger partial charge in [0.1, 0.15) is 0 Å². The van der Waals surface area contributed by atoms with Gasteiger partial charge in [-0.15, -0.1) is 0 Å². The Kier molecular flexibility index (Phi) is 9.26. The number of thiol groups is 1. The molecule has 0 fully saturated rings. The molecule has 0 spiro atoms. The van der Waals surface area contributed by atoms with Crippen molar-refractivity contribution >= 4 is 33.1 Å². The van der Waals surface area contributed by atoms with Crippen molar-refractivity contribution in [3.8, 4) is 0 Å². The lowest BCUT2D eigenvalue weighted by Crippen LogP contribution is -2.05. The molecule has 1 N–H and O–H groups in total. The second-order valence-corrected chi connectivity index (χ2v) is 5.65. The zero-order valence-electron chi connectivity index (χ0n) is 8.40. The maximum Gasteiger partial charge on any atom is 0.397 e. The fourth-order valence-electron chi connectivity index (χ4n) is 0.727. The smallest absolute Gasteiger partial charge is 0.272 e. The molecule has 0 amide bonds. The summed E-state index contributed by atoms with van der Waals surface area (Å²) in [5, 5.41) is 0. The van der Waals surface area contributed by atoms with E-state index in [1.54, 1.807) is 0 Å². The van der Waals surface area contributed by atoms with Crippen LogP contribution in [0.1, 0.15) is 12.8 Å². The highest BCUT2D eigenvalue weighted by Gasteiger charge is 2.02. The van der Waals surface area contributed by atoms with Crippen LogP contribution in [-0.4, -0.2) is 46.1 Å². The summed E-state index contributed by atoms with van der Waals surface area (Å²) in [5.74, 6) is 1.38. The second kappa shape index (κ2) is 9.19. The molecule has 98 valence electrons. The third-order valence-electron chi connectivity index (χ3n) is 1.29. The van der Waals surface area contributed by atoms with Gasteiger partial charge in [0.25, 0.3) is 11.0 Å². The summed E-state index contributed by atoms with van der Waals surface area (Å²) in [4.78, 5) is 0. The van der Waals surface area contributed by atoms with Crippen LogP contribution in [-0.2, 0) is 29.8 Å². The van der Waals surface area contributed by atoms with E-state index in [0.29, 0.717) is 18.6 Å². The Morgan fingerprint density at radius 1 is 1.12 bits per heavy atom. The molecular formula is C6H14O7S3. The van der Waals surface area contributed by atoms with Gasteiger partial charge in [-0.2, -0.15) is 20.2 Å². The highest BCUT2D eigenvalue weighted by atomic mass is 32.3. The van der Waals surface area contributed by atoms with E-state index in [1.165, 1.54) is 11.8 Å². The molecule has 0 aliphatic rings. The molecule has 10 heteroatoms. The van der Waals surface area contributed by atoms with Crippen molar-refractivity contribution in [2.24, 2.45) is 0 Å². The van der Waals surface area contributed by atoms with Gasteiger partial charge in [-0.05, 0) is 24.3 Å². The fraction of sp³-hybridized carbons (Fsp3) is 1.00. The molecule has 0 unspecified atom stereocenters. The van der Waals surface area contributed by atoms with Crippen LogP contribution in [0.25, 0.3) is 0 Å². The Hall–Kier alpha value is 0.130. The monoisotopic (exact) mass is 294 g/mol. The first-order chi connectivity index (χ1) is 7.42. The molecule has 0 bridgehead atoms. The molecule has 0 aliphatic carbocycles. The molecule has 16 heavy (non-hydrogen) atoms. The average Bonchev–Trinajstić information content (AvgIpc) is 2.13. The van der Waals surface area contributed by atoms with Crippen molar-refractivity contribution in [1.29, 1.82) is 0 Å². The molecular weight excluding hydrogens is 280 g/mol. The highest BCUT2D eigenvalue weighted by Crippen LogP contribution is 2.05. The molecule has 0 rings (SSSR count). The van der Waals surface area contributed by atoms with Gasteiger partial charge in [-0.25, -0.2) is 12.6 Å². The minimum absolute atomic E-state index is 0.0608. The zero-order chi connectivity index (χ0) is 12.4. The average molecular weight is 294 g/mol. The van der Waals surface area contributed by atoms with Crippen LogP contribution in [0, 0.1) is 0 Å². The van der Waals surface area contributed by atoms with Gasteiger partial charge in [0, 0.05) is 0 Å². The molecule has 0 saturated carbocycles. The lowest BCUT2D eigenvalue weighted by molar-refractivity contribution is 0.270. The van der Waals surface area contributed by atoms with Gasteiger partial charge in [0.15, 0.2) is 0 Å². The van der Waals surface area contributed by atoms with E-state index < -0.39 is 21.4 Å². The molecule has 0 heterocycles. The summed E-state index contributed by atoms with van der Waals surface area (Å²) in [7, 11) is -7.10. The number of thioether (sulfide) groups is 1. The first-order valence-electron chi connectivity index (χ1n) is 4.38. The molecule has 0 radical (unpaired) electrons. The van der Waals surface area contributed by atoms with Gasteiger partial charge < -0.3 is 0 Å². The van der Waals surface area contributed by atoms with E-state index in [4.69, 9.17) is 4.55 Å². The van der Waals surface area contributed by atoms with E-state index in [2.05, 4.69) is 8.37 Å². The fourth-order valence-corrected chi connectivity index (χ4v) is 2.18. The summed E-state index contributed by atoms with van der Waals surface area (Å²) in [6, 6.07) is 0. The van der Waals surface area contributed by atoms with Crippen LogP contribution in [0.5, 0.6) is 0 Å². The van der Waals surface area contributed by atoms with Crippen LogP contribution in [0.2, 0.25) is 0 Å². The third-order valence-corrected chi connectivity index (χ3v) is 3.31. The summed E-state index contributed by atoms with van der Waals surface area (Å²) >= 11 is 1.52. The van der Waals surface area contributed by atoms with E-state index >= 15 is 0 Å². The Morgan fingerprint density at radius 2 is 1.69 bits per heavy atom. The Bertz CT molecular complexity index is 326. The predicted octanol–water partition coefficient (Wildman–Crippen LogP) is -0.138. The zero-order valence-corrected chi connectivity index (χ0v) is 10.9. The number of hydrogen-bond acceptors (Lipinski definition) is 7. The van der Waals surface area contributed by atoms with Crippen molar-refractivity contribution in [2.75, 3.05) is 24.7 Å². The van der Waals surface area contributed by atoms with Crippen LogP contribution >= 0.6 is 11.8 Å². The number of hydrogen-bond donors (Lipinski definition) is 2. The topological polar surface area (TPSA) is 107 Å². The van der Waals surface area contributed by atoms with Crippen LogP contribution in [0.15, 0.2) is 0 Å². The maximum absolute atomic E-state index is 10.1. The second-order valence-electron chi connectivity index (χ2n) is 2.63. The molecule has 7 nitrogen and oxygen atoms in total. The molecule has 0 aromatic rings. The van der Waals surface area contributed by atoms with Crippen LogP contribution in [0.4, 0.5) is 0 Å². The number of rotatable bonds is 10. The summed E-state index contributed by atoms with van der Waals surface area (Å²) in [6.45, 7) is 0.0992. The van der Waals surface area contributed by atoms with E-state index in [-0.39, 0.29) is 13.2 Å². The maximum atomic E-state index is 10.1. The lowest BCUT2D eigenvalue weighted by atomic mass is 10.5. The van der Waals surface area contributed by atoms with Gasteiger partial charge >= 0.3 is 10.4 Å². The summed E-state index contributed by atoms with van der Waals surface area (Å²) < 4.78 is 56.8. The predicted molar refractivity (Wildman–Crippen MR) is 60.3 cm³/mol. The first kappa shape index (κ1) is 16.1. The van der Waals surface area contributed by atoms with Crippen molar-refractivity contribution < 1.29 is 29.8 Å². The van der Waals surface area contributed by atoms with E-state index in [9.17, 15) is 16.8 Å². The Morgan fingerprint density at radius 3 is 2.19 bits per heavy atom. The molecule has 0 aliphatic heterocycles. The Balaban J connectivity index is 3.16. The molecule has 0 saturated heterocycles. The van der Waals surface area contributed by atoms with Crippen LogP contribution in [0.3, 0.4) is 0 Å². The minimum atomic E-state index is -4.33. The first-order valence-corrected chi connectivity index (χ1v) is 8.00. The van der Waals surface area contributed by atoms with E-state index in [0.717, 1.165) is 5.75 Å². The largest absolute Gasteiger partial charge is 0.397 e. The lowest BCUT2D eigenvalue weighted by Gasteiger charge is -2.00. The highest BCUT2D eigenvalue weighted by molar-refractivity contribution is 7.99.